The highest BCUT2D eigenvalue weighted by Gasteiger charge is 2.55. The Hall–Kier alpha value is -2.21. The molecular weight excluding hydrogens is 330 g/mol. The molecule has 5 aliphatic rings. The summed E-state index contributed by atoms with van der Waals surface area (Å²) in [6.45, 7) is 2.84. The average Bonchev–Trinajstić information content (AvgIpc) is 2.67. The molecule has 1 aromatic rings. The van der Waals surface area contributed by atoms with Crippen LogP contribution >= 0.6 is 0 Å². The van der Waals surface area contributed by atoms with Gasteiger partial charge >= 0.3 is 0 Å². The van der Waals surface area contributed by atoms with Crippen LogP contribution in [-0.4, -0.2) is 51.3 Å². The Morgan fingerprint density at radius 1 is 1.12 bits per heavy atom. The van der Waals surface area contributed by atoms with Crippen molar-refractivity contribution in [1.82, 2.24) is 9.80 Å². The summed E-state index contributed by atoms with van der Waals surface area (Å²) in [5.74, 6) is 0.315. The summed E-state index contributed by atoms with van der Waals surface area (Å²) in [7, 11) is 0. The van der Waals surface area contributed by atoms with Crippen LogP contribution in [0.25, 0.3) is 6.08 Å². The van der Waals surface area contributed by atoms with Gasteiger partial charge in [0.1, 0.15) is 0 Å². The number of carbonyl (C=O) groups is 1. The van der Waals surface area contributed by atoms with Crippen LogP contribution in [0.2, 0.25) is 0 Å². The second-order valence-corrected chi connectivity index (χ2v) is 7.53. The van der Waals surface area contributed by atoms with E-state index in [-0.39, 0.29) is 10.6 Å². The fourth-order valence-corrected chi connectivity index (χ4v) is 5.21. The number of non-ortho nitro benzene ring substituents is 1. The molecule has 0 saturated carbocycles. The summed E-state index contributed by atoms with van der Waals surface area (Å²) >= 11 is 0. The number of rotatable bonds is 5. The maximum Gasteiger partial charge on any atom is 0.269 e. The van der Waals surface area contributed by atoms with E-state index in [0.717, 1.165) is 24.9 Å². The third-order valence-electron chi connectivity index (χ3n) is 6.29. The van der Waals surface area contributed by atoms with Crippen molar-refractivity contribution in [3.8, 4) is 0 Å². The highest BCUT2D eigenvalue weighted by molar-refractivity contribution is 5.77. The Morgan fingerprint density at radius 2 is 1.69 bits per heavy atom. The van der Waals surface area contributed by atoms with Crippen molar-refractivity contribution in [1.29, 1.82) is 0 Å². The molecule has 0 N–H and O–H groups in total. The normalized spacial score (nSPS) is 30.3. The smallest absolute Gasteiger partial charge is 0.269 e. The Kier molecular flexibility index (Phi) is 4.53. The lowest BCUT2D eigenvalue weighted by atomic mass is 9.71. The molecule has 0 spiro atoms. The molecule has 0 aromatic heterocycles. The molecule has 1 aromatic carbocycles. The molecule has 5 fully saturated rings. The van der Waals surface area contributed by atoms with E-state index in [1.54, 1.807) is 24.3 Å². The van der Waals surface area contributed by atoms with Crippen LogP contribution in [0, 0.1) is 10.1 Å². The molecular formula is C20H25N3O3. The average molecular weight is 355 g/mol. The molecule has 5 saturated heterocycles. The SMILES string of the molecule is CCC(=O)N1C2CC[C@@H]3[C@H]1CCC2N3C/C=C/c1ccc([N+](=O)[O-])cc1. The van der Waals surface area contributed by atoms with Gasteiger partial charge < -0.3 is 4.90 Å². The molecule has 6 heteroatoms. The Bertz CT molecular complexity index is 710. The minimum Gasteiger partial charge on any atom is -0.334 e. The third kappa shape index (κ3) is 2.82. The number of carbonyl (C=O) groups excluding carboxylic acids is 1. The molecule has 6 nitrogen and oxygen atoms in total. The second-order valence-electron chi connectivity index (χ2n) is 7.53. The van der Waals surface area contributed by atoms with Crippen molar-refractivity contribution < 1.29 is 9.72 Å². The van der Waals surface area contributed by atoms with Gasteiger partial charge in [0.05, 0.1) is 4.92 Å². The van der Waals surface area contributed by atoms with Gasteiger partial charge in [0.15, 0.2) is 0 Å². The van der Waals surface area contributed by atoms with Crippen molar-refractivity contribution in [3.05, 3.63) is 46.0 Å². The summed E-state index contributed by atoms with van der Waals surface area (Å²) in [4.78, 5) is 27.5. The molecule has 0 radical (unpaired) electrons. The first kappa shape index (κ1) is 17.2. The molecule has 2 unspecified atom stereocenters. The van der Waals surface area contributed by atoms with Gasteiger partial charge in [-0.3, -0.25) is 19.8 Å². The number of amides is 1. The van der Waals surface area contributed by atoms with Crippen molar-refractivity contribution in [2.75, 3.05) is 6.54 Å². The number of hydrogen-bond acceptors (Lipinski definition) is 4. The van der Waals surface area contributed by atoms with E-state index < -0.39 is 0 Å². The minimum absolute atomic E-state index is 0.119. The van der Waals surface area contributed by atoms with Gasteiger partial charge in [-0.1, -0.05) is 19.1 Å². The van der Waals surface area contributed by atoms with E-state index in [2.05, 4.69) is 15.9 Å². The first-order valence-electron chi connectivity index (χ1n) is 9.58. The number of piperidine rings is 4. The lowest BCUT2D eigenvalue weighted by Crippen LogP contribution is -2.76. The van der Waals surface area contributed by atoms with Crippen molar-refractivity contribution in [2.45, 2.75) is 63.2 Å². The molecule has 4 atom stereocenters. The third-order valence-corrected chi connectivity index (χ3v) is 6.29. The fourth-order valence-electron chi connectivity index (χ4n) is 5.21. The Morgan fingerprint density at radius 3 is 2.23 bits per heavy atom. The summed E-state index contributed by atoms with van der Waals surface area (Å²) in [5, 5.41) is 10.7. The van der Waals surface area contributed by atoms with E-state index in [1.165, 1.54) is 12.8 Å². The van der Waals surface area contributed by atoms with Gasteiger partial charge in [0, 0.05) is 49.3 Å². The highest BCUT2D eigenvalue weighted by atomic mass is 16.6. The van der Waals surface area contributed by atoms with Gasteiger partial charge in [0.2, 0.25) is 5.91 Å². The van der Waals surface area contributed by atoms with Gasteiger partial charge in [-0.25, -0.2) is 0 Å². The predicted octanol–water partition coefficient (Wildman–Crippen LogP) is 3.22. The lowest BCUT2D eigenvalue weighted by molar-refractivity contribution is -0.384. The lowest BCUT2D eigenvalue weighted by Gasteiger charge is -2.64. The van der Waals surface area contributed by atoms with Gasteiger partial charge in [0.25, 0.3) is 5.69 Å². The zero-order valence-corrected chi connectivity index (χ0v) is 15.1. The van der Waals surface area contributed by atoms with Gasteiger partial charge in [-0.2, -0.15) is 0 Å². The van der Waals surface area contributed by atoms with E-state index in [9.17, 15) is 14.9 Å². The van der Waals surface area contributed by atoms with Crippen molar-refractivity contribution >= 4 is 17.7 Å². The summed E-state index contributed by atoms with van der Waals surface area (Å²) < 4.78 is 0. The van der Waals surface area contributed by atoms with Crippen LogP contribution < -0.4 is 0 Å². The molecule has 0 aliphatic carbocycles. The van der Waals surface area contributed by atoms with Crippen LogP contribution in [-0.2, 0) is 4.79 Å². The van der Waals surface area contributed by atoms with Gasteiger partial charge in [-0.15, -0.1) is 0 Å². The molecule has 1 amide bonds. The van der Waals surface area contributed by atoms with E-state index >= 15 is 0 Å². The van der Waals surface area contributed by atoms with Crippen LogP contribution in [0.3, 0.4) is 0 Å². The van der Waals surface area contributed by atoms with E-state index in [0.29, 0.717) is 36.5 Å². The highest BCUT2D eigenvalue weighted by Crippen LogP contribution is 2.45. The van der Waals surface area contributed by atoms with Gasteiger partial charge in [-0.05, 0) is 43.4 Å². The number of nitro benzene ring substituents is 1. The molecule has 5 aliphatic heterocycles. The minimum atomic E-state index is -0.377. The molecule has 6 rings (SSSR count). The zero-order valence-electron chi connectivity index (χ0n) is 15.1. The summed E-state index contributed by atoms with van der Waals surface area (Å²) in [5.41, 5.74) is 1.10. The predicted molar refractivity (Wildman–Crippen MR) is 99.6 cm³/mol. The maximum atomic E-state index is 12.4. The maximum absolute atomic E-state index is 12.4. The van der Waals surface area contributed by atoms with E-state index in [4.69, 9.17) is 0 Å². The number of benzene rings is 1. The topological polar surface area (TPSA) is 66.7 Å². The van der Waals surface area contributed by atoms with Crippen molar-refractivity contribution in [2.24, 2.45) is 0 Å². The van der Waals surface area contributed by atoms with Crippen LogP contribution in [0.1, 0.15) is 44.6 Å². The van der Waals surface area contributed by atoms with Crippen molar-refractivity contribution in [3.63, 3.8) is 0 Å². The fraction of sp³-hybridized carbons (Fsp3) is 0.550. The number of nitrogens with zero attached hydrogens (tertiary/aromatic N) is 3. The Labute approximate surface area is 153 Å². The second kappa shape index (κ2) is 6.83. The quantitative estimate of drug-likeness (QED) is 0.601. The number of piperazine rings is 1. The first-order valence-corrected chi connectivity index (χ1v) is 9.58. The zero-order chi connectivity index (χ0) is 18.3. The standard InChI is InChI=1S/C20H25N3O3/c1-2-20(24)22-18-11-9-16-19(22)12-10-17(18)21(16)13-3-4-14-5-7-15(8-6-14)23(25)26/h3-8,16-19H,2,9-13H2,1H3/b4-3+/t16-,17?,18?,19-/m1/s1. The van der Waals surface area contributed by atoms with Crippen LogP contribution in [0.15, 0.2) is 30.3 Å². The molecule has 4 bridgehead atoms. The number of hydrogen-bond donors (Lipinski definition) is 0. The largest absolute Gasteiger partial charge is 0.334 e. The van der Waals surface area contributed by atoms with Crippen LogP contribution in [0.5, 0.6) is 0 Å². The molecule has 26 heavy (non-hydrogen) atoms. The summed E-state index contributed by atoms with van der Waals surface area (Å²) in [6.07, 6.45) is 9.44. The number of fused-ring (bicyclic) bond motifs is 2. The monoisotopic (exact) mass is 355 g/mol. The first-order chi connectivity index (χ1) is 12.6. The Balaban J connectivity index is 1.44. The van der Waals surface area contributed by atoms with E-state index in [1.807, 2.05) is 13.0 Å². The van der Waals surface area contributed by atoms with Crippen LogP contribution in [0.4, 0.5) is 5.69 Å². The number of nitro groups is 1. The summed E-state index contributed by atoms with van der Waals surface area (Å²) in [6, 6.07) is 8.39. The molecule has 138 valence electrons. The molecule has 5 heterocycles.